The molecule has 1 fully saturated rings. The molecule has 2 aliphatic rings. The highest BCUT2D eigenvalue weighted by molar-refractivity contribution is 7.90. The van der Waals surface area contributed by atoms with Crippen LogP contribution in [0.5, 0.6) is 5.75 Å². The summed E-state index contributed by atoms with van der Waals surface area (Å²) in [7, 11) is -3.92. The molecular weight excluding hydrogens is 491 g/mol. The first-order valence-electron chi connectivity index (χ1n) is 10.5. The highest BCUT2D eigenvalue weighted by Crippen LogP contribution is 2.36. The van der Waals surface area contributed by atoms with Crippen LogP contribution in [0.2, 0.25) is 10.0 Å². The standard InChI is InChI=1S/C21H24Cl2N4O5S/c1-13-7-9-26(10-8-13)33(30,31)27-11-14(12-28)32-17-5-6-18(24-20(17)27)25-21(29)19-15(22)3-2-4-16(19)23/h2-6,13-14,28H,7-12H2,1H3,(H,24,25,29)/t14-/m1/s1. The molecule has 9 nitrogen and oxygen atoms in total. The summed E-state index contributed by atoms with van der Waals surface area (Å²) in [5.74, 6) is 0.218. The third-order valence-corrected chi connectivity index (χ3v) is 8.25. The second-order valence-electron chi connectivity index (χ2n) is 8.11. The van der Waals surface area contributed by atoms with E-state index in [0.29, 0.717) is 19.0 Å². The van der Waals surface area contributed by atoms with Crippen molar-refractivity contribution in [1.82, 2.24) is 9.29 Å². The van der Waals surface area contributed by atoms with E-state index in [0.717, 1.165) is 17.1 Å². The van der Waals surface area contributed by atoms with E-state index in [9.17, 15) is 18.3 Å². The number of fused-ring (bicyclic) bond motifs is 1. The second-order valence-corrected chi connectivity index (χ2v) is 10.8. The average Bonchev–Trinajstić information content (AvgIpc) is 2.78. The van der Waals surface area contributed by atoms with Gasteiger partial charge < -0.3 is 15.2 Å². The van der Waals surface area contributed by atoms with Crippen molar-refractivity contribution < 1.29 is 23.1 Å². The van der Waals surface area contributed by atoms with Crippen molar-refractivity contribution in [3.05, 3.63) is 45.9 Å². The molecular formula is C21H24Cl2N4O5S. The number of carbonyl (C=O) groups is 1. The predicted molar refractivity (Wildman–Crippen MR) is 126 cm³/mol. The Labute approximate surface area is 202 Å². The van der Waals surface area contributed by atoms with E-state index in [-0.39, 0.29) is 46.1 Å². The van der Waals surface area contributed by atoms with Crippen LogP contribution in [0, 0.1) is 5.92 Å². The van der Waals surface area contributed by atoms with Gasteiger partial charge in [-0.2, -0.15) is 12.7 Å². The molecule has 3 heterocycles. The Hall–Kier alpha value is -2.11. The fraction of sp³-hybridized carbons (Fsp3) is 0.429. The number of carbonyl (C=O) groups excluding carboxylic acids is 1. The summed E-state index contributed by atoms with van der Waals surface area (Å²) in [6.07, 6.45) is 0.796. The number of amides is 1. The lowest BCUT2D eigenvalue weighted by Crippen LogP contribution is -2.52. The van der Waals surface area contributed by atoms with Gasteiger partial charge in [0.05, 0.1) is 28.8 Å². The van der Waals surface area contributed by atoms with Gasteiger partial charge in [0.1, 0.15) is 11.9 Å². The molecule has 1 amide bonds. The van der Waals surface area contributed by atoms with Gasteiger partial charge in [-0.1, -0.05) is 36.2 Å². The van der Waals surface area contributed by atoms with Crippen molar-refractivity contribution in [3.63, 3.8) is 0 Å². The van der Waals surface area contributed by atoms with Crippen molar-refractivity contribution in [2.45, 2.75) is 25.9 Å². The topological polar surface area (TPSA) is 112 Å². The van der Waals surface area contributed by atoms with E-state index in [2.05, 4.69) is 17.2 Å². The van der Waals surface area contributed by atoms with Crippen LogP contribution in [0.1, 0.15) is 30.1 Å². The summed E-state index contributed by atoms with van der Waals surface area (Å²) in [6.45, 7) is 2.45. The molecule has 12 heteroatoms. The number of hydrogen-bond donors (Lipinski definition) is 2. The van der Waals surface area contributed by atoms with Gasteiger partial charge >= 0.3 is 10.2 Å². The highest BCUT2D eigenvalue weighted by Gasteiger charge is 2.39. The van der Waals surface area contributed by atoms with Crippen LogP contribution in [0.15, 0.2) is 30.3 Å². The molecule has 33 heavy (non-hydrogen) atoms. The lowest BCUT2D eigenvalue weighted by molar-refractivity contribution is 0.102. The molecule has 0 radical (unpaired) electrons. The number of aliphatic hydroxyl groups is 1. The number of anilines is 2. The maximum Gasteiger partial charge on any atom is 0.305 e. The minimum atomic E-state index is -3.92. The number of nitrogens with one attached hydrogen (secondary N) is 1. The lowest BCUT2D eigenvalue weighted by Gasteiger charge is -2.38. The van der Waals surface area contributed by atoms with Gasteiger partial charge in [0.25, 0.3) is 5.91 Å². The molecule has 1 atom stereocenters. The first-order chi connectivity index (χ1) is 15.7. The zero-order valence-corrected chi connectivity index (χ0v) is 20.2. The molecule has 0 saturated carbocycles. The number of piperidine rings is 1. The largest absolute Gasteiger partial charge is 0.482 e. The van der Waals surface area contributed by atoms with Crippen molar-refractivity contribution in [2.75, 3.05) is 35.9 Å². The van der Waals surface area contributed by atoms with Crippen LogP contribution >= 0.6 is 23.2 Å². The SMILES string of the molecule is CC1CCN(S(=O)(=O)N2C[C@H](CO)Oc3ccc(NC(=O)c4c(Cl)cccc4Cl)nc32)CC1. The fourth-order valence-electron chi connectivity index (χ4n) is 3.81. The summed E-state index contributed by atoms with van der Waals surface area (Å²) in [5, 5.41) is 12.6. The summed E-state index contributed by atoms with van der Waals surface area (Å²) in [4.78, 5) is 17.1. The number of aliphatic hydroxyl groups excluding tert-OH is 1. The van der Waals surface area contributed by atoms with Crippen molar-refractivity contribution in [2.24, 2.45) is 5.92 Å². The molecule has 178 valence electrons. The molecule has 0 aliphatic carbocycles. The van der Waals surface area contributed by atoms with Crippen molar-refractivity contribution in [3.8, 4) is 5.75 Å². The Morgan fingerprint density at radius 2 is 1.88 bits per heavy atom. The normalized spacial score (nSPS) is 19.6. The number of halogens is 2. The molecule has 2 aromatic rings. The first kappa shape index (κ1) is 24.0. The molecule has 4 rings (SSSR count). The van der Waals surface area contributed by atoms with E-state index in [1.165, 1.54) is 16.4 Å². The Kier molecular flexibility index (Phi) is 7.01. The van der Waals surface area contributed by atoms with Gasteiger partial charge in [0, 0.05) is 13.1 Å². The third kappa shape index (κ3) is 4.90. The number of ether oxygens (including phenoxy) is 1. The minimum Gasteiger partial charge on any atom is -0.482 e. The summed E-state index contributed by atoms with van der Waals surface area (Å²) in [5.41, 5.74) is 0.0869. The smallest absolute Gasteiger partial charge is 0.305 e. The Morgan fingerprint density at radius 3 is 2.52 bits per heavy atom. The Balaban J connectivity index is 1.66. The third-order valence-electron chi connectivity index (χ3n) is 5.72. The van der Waals surface area contributed by atoms with Gasteiger partial charge in [-0.05, 0) is 43.0 Å². The summed E-state index contributed by atoms with van der Waals surface area (Å²) >= 11 is 12.2. The molecule has 1 aromatic carbocycles. The number of nitrogens with zero attached hydrogens (tertiary/aromatic N) is 3. The first-order valence-corrected chi connectivity index (χ1v) is 12.7. The van der Waals surface area contributed by atoms with E-state index in [1.54, 1.807) is 18.2 Å². The minimum absolute atomic E-state index is 0.0429. The van der Waals surface area contributed by atoms with E-state index >= 15 is 0 Å². The molecule has 0 spiro atoms. The van der Waals surface area contributed by atoms with Crippen LogP contribution in [-0.2, 0) is 10.2 Å². The van der Waals surface area contributed by atoms with Gasteiger partial charge in [-0.3, -0.25) is 4.79 Å². The number of rotatable bonds is 5. The Bertz CT molecular complexity index is 1140. The molecule has 0 bridgehead atoms. The van der Waals surface area contributed by atoms with Gasteiger partial charge in [-0.25, -0.2) is 9.29 Å². The molecule has 2 aliphatic heterocycles. The lowest BCUT2D eigenvalue weighted by atomic mass is 10.0. The molecule has 1 aromatic heterocycles. The summed E-state index contributed by atoms with van der Waals surface area (Å²) in [6, 6.07) is 7.69. The number of pyridine rings is 1. The van der Waals surface area contributed by atoms with Crippen LogP contribution in [0.3, 0.4) is 0 Å². The number of benzene rings is 1. The molecule has 1 saturated heterocycles. The highest BCUT2D eigenvalue weighted by atomic mass is 35.5. The Morgan fingerprint density at radius 1 is 1.21 bits per heavy atom. The average molecular weight is 515 g/mol. The van der Waals surface area contributed by atoms with Gasteiger partial charge in [-0.15, -0.1) is 0 Å². The van der Waals surface area contributed by atoms with E-state index in [4.69, 9.17) is 27.9 Å². The van der Waals surface area contributed by atoms with Crippen LogP contribution in [0.4, 0.5) is 11.6 Å². The monoisotopic (exact) mass is 514 g/mol. The predicted octanol–water partition coefficient (Wildman–Crippen LogP) is 3.18. The van der Waals surface area contributed by atoms with Crippen molar-refractivity contribution in [1.29, 1.82) is 0 Å². The quantitative estimate of drug-likeness (QED) is 0.633. The van der Waals surface area contributed by atoms with Gasteiger partial charge in [0.2, 0.25) is 0 Å². The van der Waals surface area contributed by atoms with Crippen LogP contribution < -0.4 is 14.4 Å². The van der Waals surface area contributed by atoms with E-state index < -0.39 is 22.2 Å². The molecule has 0 unspecified atom stereocenters. The summed E-state index contributed by atoms with van der Waals surface area (Å²) < 4.78 is 35.2. The zero-order chi connectivity index (χ0) is 23.8. The van der Waals surface area contributed by atoms with E-state index in [1.807, 2.05) is 0 Å². The van der Waals surface area contributed by atoms with Crippen LogP contribution in [-0.4, -0.2) is 61.1 Å². The van der Waals surface area contributed by atoms with Crippen LogP contribution in [0.25, 0.3) is 0 Å². The second kappa shape index (κ2) is 9.63. The number of hydrogen-bond acceptors (Lipinski definition) is 6. The maximum absolute atomic E-state index is 13.5. The molecule has 2 N–H and O–H groups in total. The van der Waals surface area contributed by atoms with Crippen molar-refractivity contribution >= 4 is 51.0 Å². The van der Waals surface area contributed by atoms with Gasteiger partial charge in [0.15, 0.2) is 11.6 Å². The maximum atomic E-state index is 13.5. The number of aromatic nitrogens is 1. The fourth-order valence-corrected chi connectivity index (χ4v) is 6.04. The zero-order valence-electron chi connectivity index (χ0n) is 17.9.